The zero-order valence-corrected chi connectivity index (χ0v) is 11.5. The number of benzene rings is 1. The number of aryl methyl sites for hydroxylation is 1. The summed E-state index contributed by atoms with van der Waals surface area (Å²) in [6, 6.07) is 5.69. The van der Waals surface area contributed by atoms with Crippen molar-refractivity contribution in [3.63, 3.8) is 0 Å². The van der Waals surface area contributed by atoms with E-state index < -0.39 is 6.10 Å². The Hall–Kier alpha value is -1.33. The molecule has 1 aliphatic rings. The number of nitrogens with zero attached hydrogens (tertiary/aromatic N) is 2. The van der Waals surface area contributed by atoms with E-state index in [0.717, 1.165) is 21.5 Å². The molecule has 1 N–H and O–H groups in total. The first-order valence-electron chi connectivity index (χ1n) is 5.75. The third-order valence-corrected chi connectivity index (χ3v) is 3.72. The second-order valence-corrected chi connectivity index (χ2v) is 5.39. The summed E-state index contributed by atoms with van der Waals surface area (Å²) >= 11 is 3.41. The van der Waals surface area contributed by atoms with Crippen molar-refractivity contribution >= 4 is 15.9 Å². The van der Waals surface area contributed by atoms with Crippen molar-refractivity contribution in [2.24, 2.45) is 7.05 Å². The number of hydrogen-bond donors (Lipinski definition) is 1. The second-order valence-electron chi connectivity index (χ2n) is 4.47. The third-order valence-electron chi connectivity index (χ3n) is 3.23. The van der Waals surface area contributed by atoms with E-state index in [4.69, 9.17) is 4.74 Å². The van der Waals surface area contributed by atoms with Gasteiger partial charge in [0.25, 0.3) is 0 Å². The van der Waals surface area contributed by atoms with E-state index in [-0.39, 0.29) is 6.10 Å². The monoisotopic (exact) mass is 308 g/mol. The first-order valence-corrected chi connectivity index (χ1v) is 6.55. The van der Waals surface area contributed by atoms with Crippen molar-refractivity contribution in [3.05, 3.63) is 46.5 Å². The molecule has 0 amide bonds. The number of hydrogen-bond acceptors (Lipinski definition) is 3. The SMILES string of the molecule is Cn1cncc1C1C[C@H](O)c2ccc(Br)cc2O1. The molecule has 0 aliphatic carbocycles. The molecule has 2 heterocycles. The predicted octanol–water partition coefficient (Wildman–Crippen LogP) is 2.74. The van der Waals surface area contributed by atoms with Gasteiger partial charge >= 0.3 is 0 Å². The van der Waals surface area contributed by atoms with Gasteiger partial charge in [0.05, 0.1) is 24.3 Å². The smallest absolute Gasteiger partial charge is 0.143 e. The Morgan fingerprint density at radius 3 is 3.06 bits per heavy atom. The number of halogens is 1. The number of imidazole rings is 1. The molecule has 4 nitrogen and oxygen atoms in total. The molecule has 0 saturated carbocycles. The van der Waals surface area contributed by atoms with Crippen LogP contribution >= 0.6 is 15.9 Å². The van der Waals surface area contributed by atoms with Gasteiger partial charge < -0.3 is 14.4 Å². The van der Waals surface area contributed by atoms with Gasteiger partial charge in [0.1, 0.15) is 11.9 Å². The van der Waals surface area contributed by atoms with Gasteiger partial charge in [0.15, 0.2) is 0 Å². The van der Waals surface area contributed by atoms with E-state index in [1.165, 1.54) is 0 Å². The minimum absolute atomic E-state index is 0.158. The maximum atomic E-state index is 10.2. The van der Waals surface area contributed by atoms with Crippen molar-refractivity contribution < 1.29 is 9.84 Å². The first kappa shape index (κ1) is 11.7. The standard InChI is InChI=1S/C13H13BrN2O2/c1-16-7-15-6-10(16)13-5-11(17)9-3-2-8(14)4-12(9)18-13/h2-4,6-7,11,13,17H,5H2,1H3/t11-,13?/m0/s1. The number of aliphatic hydroxyl groups is 1. The number of aromatic nitrogens is 2. The normalized spacial score (nSPS) is 22.4. The Bertz CT molecular complexity index is 582. The van der Waals surface area contributed by atoms with Crippen LogP contribution in [0, 0.1) is 0 Å². The van der Waals surface area contributed by atoms with Crippen molar-refractivity contribution in [3.8, 4) is 5.75 Å². The van der Waals surface area contributed by atoms with Crippen molar-refractivity contribution in [1.29, 1.82) is 0 Å². The Balaban J connectivity index is 1.98. The Morgan fingerprint density at radius 1 is 1.50 bits per heavy atom. The van der Waals surface area contributed by atoms with Crippen molar-refractivity contribution in [1.82, 2.24) is 9.55 Å². The second kappa shape index (κ2) is 4.40. The molecular weight excluding hydrogens is 296 g/mol. The van der Waals surface area contributed by atoms with Gasteiger partial charge in [-0.05, 0) is 12.1 Å². The first-order chi connectivity index (χ1) is 8.65. The molecule has 5 heteroatoms. The zero-order chi connectivity index (χ0) is 12.7. The van der Waals surface area contributed by atoms with Gasteiger partial charge in [-0.1, -0.05) is 22.0 Å². The van der Waals surface area contributed by atoms with Gasteiger partial charge in [-0.15, -0.1) is 0 Å². The van der Waals surface area contributed by atoms with E-state index in [1.54, 1.807) is 12.5 Å². The number of aliphatic hydroxyl groups excluding tert-OH is 1. The summed E-state index contributed by atoms with van der Waals surface area (Å²) in [5, 5.41) is 10.2. The van der Waals surface area contributed by atoms with E-state index in [0.29, 0.717) is 6.42 Å². The maximum absolute atomic E-state index is 10.2. The lowest BCUT2D eigenvalue weighted by Crippen LogP contribution is -2.20. The summed E-state index contributed by atoms with van der Waals surface area (Å²) in [4.78, 5) is 4.09. The lowest BCUT2D eigenvalue weighted by Gasteiger charge is -2.29. The van der Waals surface area contributed by atoms with Crippen molar-refractivity contribution in [2.45, 2.75) is 18.6 Å². The molecule has 2 aromatic rings. The zero-order valence-electron chi connectivity index (χ0n) is 9.88. The average molecular weight is 309 g/mol. The van der Waals surface area contributed by atoms with Gasteiger partial charge in [0, 0.05) is 23.5 Å². The molecule has 0 bridgehead atoms. The largest absolute Gasteiger partial charge is 0.484 e. The molecule has 94 valence electrons. The van der Waals surface area contributed by atoms with Crippen LogP contribution in [0.4, 0.5) is 0 Å². The van der Waals surface area contributed by atoms with Crippen LogP contribution in [0.3, 0.4) is 0 Å². The topological polar surface area (TPSA) is 47.3 Å². The number of fused-ring (bicyclic) bond motifs is 1. The Morgan fingerprint density at radius 2 is 2.33 bits per heavy atom. The maximum Gasteiger partial charge on any atom is 0.143 e. The van der Waals surface area contributed by atoms with Crippen LogP contribution in [0.2, 0.25) is 0 Å². The molecule has 3 rings (SSSR count). The molecule has 0 fully saturated rings. The van der Waals surface area contributed by atoms with Crippen LogP contribution in [-0.2, 0) is 7.05 Å². The quantitative estimate of drug-likeness (QED) is 0.881. The Labute approximate surface area is 113 Å². The fraction of sp³-hybridized carbons (Fsp3) is 0.308. The lowest BCUT2D eigenvalue weighted by atomic mass is 9.98. The molecule has 1 aliphatic heterocycles. The molecular formula is C13H13BrN2O2. The van der Waals surface area contributed by atoms with E-state index in [9.17, 15) is 5.11 Å². The van der Waals surface area contributed by atoms with Crippen molar-refractivity contribution in [2.75, 3.05) is 0 Å². The minimum Gasteiger partial charge on any atom is -0.484 e. The highest BCUT2D eigenvalue weighted by Crippen LogP contribution is 2.41. The fourth-order valence-corrected chi connectivity index (χ4v) is 2.62. The molecule has 0 spiro atoms. The highest BCUT2D eigenvalue weighted by atomic mass is 79.9. The molecule has 18 heavy (non-hydrogen) atoms. The highest BCUT2D eigenvalue weighted by Gasteiger charge is 2.29. The number of ether oxygens (including phenoxy) is 1. The summed E-state index contributed by atoms with van der Waals surface area (Å²) < 4.78 is 8.82. The van der Waals surface area contributed by atoms with E-state index in [2.05, 4.69) is 20.9 Å². The molecule has 0 radical (unpaired) electrons. The fourth-order valence-electron chi connectivity index (χ4n) is 2.28. The van der Waals surface area contributed by atoms with Gasteiger partial charge in [-0.2, -0.15) is 0 Å². The Kier molecular flexibility index (Phi) is 2.87. The van der Waals surface area contributed by atoms with E-state index >= 15 is 0 Å². The average Bonchev–Trinajstić information content (AvgIpc) is 2.74. The van der Waals surface area contributed by atoms with Crippen LogP contribution in [0.1, 0.15) is 29.9 Å². The third kappa shape index (κ3) is 1.93. The summed E-state index contributed by atoms with van der Waals surface area (Å²) in [6.45, 7) is 0. The molecule has 1 aromatic carbocycles. The van der Waals surface area contributed by atoms with Gasteiger partial charge in [-0.3, -0.25) is 0 Å². The molecule has 1 unspecified atom stereocenters. The van der Waals surface area contributed by atoms with Crippen LogP contribution in [-0.4, -0.2) is 14.7 Å². The van der Waals surface area contributed by atoms with Crippen LogP contribution < -0.4 is 4.74 Å². The minimum atomic E-state index is -0.498. The predicted molar refractivity (Wildman–Crippen MR) is 70.3 cm³/mol. The summed E-state index contributed by atoms with van der Waals surface area (Å²) in [5.74, 6) is 0.731. The van der Waals surface area contributed by atoms with Gasteiger partial charge in [-0.25, -0.2) is 4.98 Å². The molecule has 2 atom stereocenters. The number of rotatable bonds is 1. The highest BCUT2D eigenvalue weighted by molar-refractivity contribution is 9.10. The summed E-state index contributed by atoms with van der Waals surface area (Å²) in [5.41, 5.74) is 1.82. The summed E-state index contributed by atoms with van der Waals surface area (Å²) in [6.07, 6.45) is 3.41. The summed E-state index contributed by atoms with van der Waals surface area (Å²) in [7, 11) is 1.93. The van der Waals surface area contributed by atoms with Gasteiger partial charge in [0.2, 0.25) is 0 Å². The molecule has 0 saturated heterocycles. The van der Waals surface area contributed by atoms with Crippen LogP contribution in [0.15, 0.2) is 35.2 Å². The lowest BCUT2D eigenvalue weighted by molar-refractivity contribution is 0.0622. The van der Waals surface area contributed by atoms with Crippen LogP contribution in [0.25, 0.3) is 0 Å². The van der Waals surface area contributed by atoms with Crippen LogP contribution in [0.5, 0.6) is 5.75 Å². The van der Waals surface area contributed by atoms with E-state index in [1.807, 2.05) is 29.8 Å². The molecule has 1 aromatic heterocycles.